The summed E-state index contributed by atoms with van der Waals surface area (Å²) in [6.45, 7) is 3.72. The average Bonchev–Trinajstić information content (AvgIpc) is 3.05. The Morgan fingerprint density at radius 1 is 1.27 bits per heavy atom. The molecule has 22 heavy (non-hydrogen) atoms. The zero-order valence-electron chi connectivity index (χ0n) is 12.8. The molecule has 1 aliphatic heterocycles. The van der Waals surface area contributed by atoms with Crippen LogP contribution in [-0.4, -0.2) is 48.2 Å². The zero-order chi connectivity index (χ0) is 15.2. The summed E-state index contributed by atoms with van der Waals surface area (Å²) >= 11 is 0. The molecule has 1 saturated heterocycles. The van der Waals surface area contributed by atoms with Crippen molar-refractivity contribution in [3.63, 3.8) is 0 Å². The van der Waals surface area contributed by atoms with Crippen molar-refractivity contribution in [2.24, 2.45) is 0 Å². The van der Waals surface area contributed by atoms with Gasteiger partial charge in [0.15, 0.2) is 0 Å². The van der Waals surface area contributed by atoms with Gasteiger partial charge in [0, 0.05) is 43.7 Å². The molecule has 1 aromatic heterocycles. The van der Waals surface area contributed by atoms with Crippen molar-refractivity contribution in [1.29, 1.82) is 0 Å². The number of benzene rings is 1. The van der Waals surface area contributed by atoms with Crippen molar-refractivity contribution >= 4 is 0 Å². The molecule has 2 heterocycles. The molecule has 1 atom stereocenters. The van der Waals surface area contributed by atoms with E-state index in [-0.39, 0.29) is 0 Å². The number of methoxy groups -OCH3 is 1. The summed E-state index contributed by atoms with van der Waals surface area (Å²) in [6.07, 6.45) is 6.50. The van der Waals surface area contributed by atoms with Crippen LogP contribution in [0.4, 0.5) is 0 Å². The molecular weight excluding hydrogens is 278 g/mol. The van der Waals surface area contributed by atoms with E-state index in [9.17, 15) is 0 Å². The first-order chi connectivity index (χ1) is 10.8. The van der Waals surface area contributed by atoms with Crippen molar-refractivity contribution in [3.05, 3.63) is 48.5 Å². The van der Waals surface area contributed by atoms with Crippen LogP contribution < -0.4 is 9.47 Å². The fraction of sp³-hybridized carbons (Fsp3) is 0.412. The first-order valence-electron chi connectivity index (χ1n) is 7.60. The second kappa shape index (κ2) is 7.22. The van der Waals surface area contributed by atoms with Gasteiger partial charge in [0.05, 0.1) is 12.8 Å². The molecule has 0 amide bonds. The lowest BCUT2D eigenvalue weighted by molar-refractivity contribution is 0.235. The van der Waals surface area contributed by atoms with E-state index in [0.717, 1.165) is 43.2 Å². The lowest BCUT2D eigenvalue weighted by atomic mass is 10.1. The van der Waals surface area contributed by atoms with Crippen LogP contribution in [0.1, 0.15) is 18.0 Å². The van der Waals surface area contributed by atoms with Crippen LogP contribution in [0.2, 0.25) is 0 Å². The number of ether oxygens (including phenoxy) is 2. The fourth-order valence-electron chi connectivity index (χ4n) is 2.78. The molecule has 5 nitrogen and oxygen atoms in total. The first kappa shape index (κ1) is 14.8. The van der Waals surface area contributed by atoms with Gasteiger partial charge in [-0.15, -0.1) is 0 Å². The molecule has 3 rings (SSSR count). The van der Waals surface area contributed by atoms with Gasteiger partial charge in [-0.25, -0.2) is 0 Å². The summed E-state index contributed by atoms with van der Waals surface area (Å²) in [6, 6.07) is 7.72. The van der Waals surface area contributed by atoms with E-state index in [2.05, 4.69) is 14.9 Å². The Balaban J connectivity index is 1.45. The Morgan fingerprint density at radius 2 is 2.18 bits per heavy atom. The second-order valence-corrected chi connectivity index (χ2v) is 5.44. The van der Waals surface area contributed by atoms with E-state index in [0.29, 0.717) is 12.5 Å². The van der Waals surface area contributed by atoms with Gasteiger partial charge in [0.2, 0.25) is 0 Å². The molecule has 0 aliphatic carbocycles. The number of rotatable bonds is 6. The molecule has 1 aliphatic rings. The Bertz CT molecular complexity index is 591. The SMILES string of the molecule is COc1cccc(OCCN2CCC(c3cnccn3)C2)c1. The predicted molar refractivity (Wildman–Crippen MR) is 84.3 cm³/mol. The Kier molecular flexibility index (Phi) is 4.85. The minimum atomic E-state index is 0.491. The number of hydrogen-bond donors (Lipinski definition) is 0. The molecule has 0 N–H and O–H groups in total. The smallest absolute Gasteiger partial charge is 0.123 e. The van der Waals surface area contributed by atoms with Gasteiger partial charge in [-0.2, -0.15) is 0 Å². The maximum absolute atomic E-state index is 5.80. The van der Waals surface area contributed by atoms with Gasteiger partial charge in [-0.1, -0.05) is 6.07 Å². The van der Waals surface area contributed by atoms with Crippen LogP contribution in [0.3, 0.4) is 0 Å². The van der Waals surface area contributed by atoms with E-state index in [1.807, 2.05) is 30.5 Å². The third-order valence-corrected chi connectivity index (χ3v) is 3.99. The van der Waals surface area contributed by atoms with E-state index >= 15 is 0 Å². The van der Waals surface area contributed by atoms with Crippen molar-refractivity contribution in [3.8, 4) is 11.5 Å². The topological polar surface area (TPSA) is 47.5 Å². The molecular formula is C17H21N3O2. The molecule has 1 fully saturated rings. The molecule has 1 aromatic carbocycles. The molecule has 1 unspecified atom stereocenters. The minimum absolute atomic E-state index is 0.491. The summed E-state index contributed by atoms with van der Waals surface area (Å²) in [5.41, 5.74) is 1.10. The standard InChI is InChI=1S/C17H21N3O2/c1-21-15-3-2-4-16(11-15)22-10-9-20-8-5-14(13-20)17-12-18-6-7-19-17/h2-4,6-7,11-12,14H,5,8-10,13H2,1H3. The van der Waals surface area contributed by atoms with Crippen molar-refractivity contribution < 1.29 is 9.47 Å². The highest BCUT2D eigenvalue weighted by Gasteiger charge is 2.24. The Labute approximate surface area is 130 Å². The first-order valence-corrected chi connectivity index (χ1v) is 7.60. The van der Waals surface area contributed by atoms with Crippen molar-refractivity contribution in [2.45, 2.75) is 12.3 Å². The van der Waals surface area contributed by atoms with Crippen LogP contribution in [0.25, 0.3) is 0 Å². The fourth-order valence-corrected chi connectivity index (χ4v) is 2.78. The summed E-state index contributed by atoms with van der Waals surface area (Å²) < 4.78 is 11.0. The van der Waals surface area contributed by atoms with Gasteiger partial charge < -0.3 is 9.47 Å². The van der Waals surface area contributed by atoms with E-state index in [1.54, 1.807) is 19.5 Å². The molecule has 0 radical (unpaired) electrons. The number of hydrogen-bond acceptors (Lipinski definition) is 5. The zero-order valence-corrected chi connectivity index (χ0v) is 12.8. The molecule has 5 heteroatoms. The highest BCUT2D eigenvalue weighted by atomic mass is 16.5. The normalized spacial score (nSPS) is 18.3. The average molecular weight is 299 g/mol. The number of nitrogens with zero attached hydrogens (tertiary/aromatic N) is 3. The maximum atomic E-state index is 5.80. The van der Waals surface area contributed by atoms with Crippen LogP contribution in [-0.2, 0) is 0 Å². The predicted octanol–water partition coefficient (Wildman–Crippen LogP) is 2.35. The molecule has 0 saturated carbocycles. The van der Waals surface area contributed by atoms with Crippen molar-refractivity contribution in [2.75, 3.05) is 33.4 Å². The minimum Gasteiger partial charge on any atom is -0.497 e. The Hall–Kier alpha value is -2.14. The molecule has 2 aromatic rings. The lowest BCUT2D eigenvalue weighted by Crippen LogP contribution is -2.26. The highest BCUT2D eigenvalue weighted by Crippen LogP contribution is 2.25. The number of likely N-dealkylation sites (tertiary alicyclic amines) is 1. The largest absolute Gasteiger partial charge is 0.497 e. The molecule has 0 bridgehead atoms. The molecule has 0 spiro atoms. The third kappa shape index (κ3) is 3.74. The quantitative estimate of drug-likeness (QED) is 0.819. The monoisotopic (exact) mass is 299 g/mol. The highest BCUT2D eigenvalue weighted by molar-refractivity contribution is 5.32. The van der Waals surface area contributed by atoms with Crippen LogP contribution in [0.5, 0.6) is 11.5 Å². The van der Waals surface area contributed by atoms with E-state index in [1.165, 1.54) is 0 Å². The van der Waals surface area contributed by atoms with E-state index in [4.69, 9.17) is 9.47 Å². The third-order valence-electron chi connectivity index (χ3n) is 3.99. The summed E-state index contributed by atoms with van der Waals surface area (Å²) in [4.78, 5) is 11.0. The number of aromatic nitrogens is 2. The van der Waals surface area contributed by atoms with Gasteiger partial charge >= 0.3 is 0 Å². The van der Waals surface area contributed by atoms with Gasteiger partial charge in [0.25, 0.3) is 0 Å². The van der Waals surface area contributed by atoms with Crippen LogP contribution >= 0.6 is 0 Å². The van der Waals surface area contributed by atoms with Crippen molar-refractivity contribution in [1.82, 2.24) is 14.9 Å². The van der Waals surface area contributed by atoms with Crippen LogP contribution in [0, 0.1) is 0 Å². The summed E-state index contributed by atoms with van der Waals surface area (Å²) in [5.74, 6) is 2.16. The van der Waals surface area contributed by atoms with E-state index < -0.39 is 0 Å². The van der Waals surface area contributed by atoms with Gasteiger partial charge in [0.1, 0.15) is 18.1 Å². The second-order valence-electron chi connectivity index (χ2n) is 5.44. The Morgan fingerprint density at radius 3 is 3.00 bits per heavy atom. The maximum Gasteiger partial charge on any atom is 0.123 e. The summed E-state index contributed by atoms with van der Waals surface area (Å²) in [5, 5.41) is 0. The van der Waals surface area contributed by atoms with Crippen LogP contribution in [0.15, 0.2) is 42.9 Å². The van der Waals surface area contributed by atoms with Gasteiger partial charge in [-0.3, -0.25) is 14.9 Å². The summed E-state index contributed by atoms with van der Waals surface area (Å²) in [7, 11) is 1.66. The lowest BCUT2D eigenvalue weighted by Gasteiger charge is -2.16. The van der Waals surface area contributed by atoms with Gasteiger partial charge in [-0.05, 0) is 25.1 Å². The molecule has 116 valence electrons.